The molecule has 13 heavy (non-hydrogen) atoms. The molecule has 0 bridgehead atoms. The van der Waals surface area contributed by atoms with Crippen molar-refractivity contribution in [3.8, 4) is 0 Å². The number of hydrogen-bond donors (Lipinski definition) is 1. The summed E-state index contributed by atoms with van der Waals surface area (Å²) in [6, 6.07) is 4.60. The van der Waals surface area contributed by atoms with Crippen LogP contribution in [0.4, 0.5) is 4.39 Å². The predicted molar refractivity (Wildman–Crippen MR) is 50.1 cm³/mol. The molecule has 0 heterocycles. The summed E-state index contributed by atoms with van der Waals surface area (Å²) in [6.45, 7) is 0. The lowest BCUT2D eigenvalue weighted by Crippen LogP contribution is -1.98. The fraction of sp³-hybridized carbons (Fsp3) is 0.222. The highest BCUT2D eigenvalue weighted by Crippen LogP contribution is 2.21. The average Bonchev–Trinajstić information content (AvgIpc) is 2.07. The molecular formula is C9H8BrFO2. The molecule has 0 aromatic heterocycles. The first kappa shape index (κ1) is 10.2. The third-order valence-electron chi connectivity index (χ3n) is 1.64. The number of hydrogen-bond acceptors (Lipinski definition) is 1. The zero-order valence-electron chi connectivity index (χ0n) is 6.76. The fourth-order valence-corrected chi connectivity index (χ4v) is 1.45. The predicted octanol–water partition coefficient (Wildman–Crippen LogP) is 2.61. The first-order chi connectivity index (χ1) is 6.11. The number of rotatable bonds is 3. The molecule has 0 aliphatic carbocycles. The molecule has 0 unspecified atom stereocenters. The van der Waals surface area contributed by atoms with E-state index in [9.17, 15) is 9.18 Å². The second-order valence-corrected chi connectivity index (χ2v) is 3.40. The van der Waals surface area contributed by atoms with E-state index in [-0.39, 0.29) is 12.2 Å². The minimum absolute atomic E-state index is 0.0159. The van der Waals surface area contributed by atoms with Crippen LogP contribution in [0.5, 0.6) is 0 Å². The maximum absolute atomic E-state index is 12.9. The van der Waals surface area contributed by atoms with Crippen molar-refractivity contribution in [3.63, 3.8) is 0 Å². The normalized spacial score (nSPS) is 10.0. The molecule has 0 radical (unpaired) electrons. The number of aryl methyl sites for hydroxylation is 1. The summed E-state index contributed by atoms with van der Waals surface area (Å²) in [4.78, 5) is 10.3. The Balaban J connectivity index is 2.77. The van der Waals surface area contributed by atoms with E-state index in [1.165, 1.54) is 6.07 Å². The summed E-state index contributed by atoms with van der Waals surface area (Å²) in [5.41, 5.74) is 0.683. The first-order valence-electron chi connectivity index (χ1n) is 3.76. The van der Waals surface area contributed by atoms with Crippen molar-refractivity contribution in [1.82, 2.24) is 0 Å². The Bertz CT molecular complexity index is 325. The molecule has 1 N–H and O–H groups in total. The van der Waals surface area contributed by atoms with Crippen LogP contribution in [0.2, 0.25) is 0 Å². The van der Waals surface area contributed by atoms with Crippen LogP contribution in [0.25, 0.3) is 0 Å². The van der Waals surface area contributed by atoms with Crippen molar-refractivity contribution in [2.45, 2.75) is 12.8 Å². The number of carboxylic acid groups (broad SMARTS) is 1. The quantitative estimate of drug-likeness (QED) is 0.891. The molecule has 0 aliphatic rings. The average molecular weight is 247 g/mol. The zero-order chi connectivity index (χ0) is 9.84. The van der Waals surface area contributed by atoms with Gasteiger partial charge in [0.25, 0.3) is 0 Å². The zero-order valence-corrected chi connectivity index (χ0v) is 8.34. The number of benzene rings is 1. The Kier molecular flexibility index (Phi) is 3.42. The van der Waals surface area contributed by atoms with Gasteiger partial charge in [-0.05, 0) is 34.0 Å². The van der Waals surface area contributed by atoms with Gasteiger partial charge in [-0.15, -0.1) is 0 Å². The van der Waals surface area contributed by atoms with Gasteiger partial charge in [0, 0.05) is 6.42 Å². The molecule has 1 aromatic rings. The molecule has 0 saturated carbocycles. The highest BCUT2D eigenvalue weighted by molar-refractivity contribution is 9.10. The molecular weight excluding hydrogens is 239 g/mol. The van der Waals surface area contributed by atoms with Crippen LogP contribution in [0, 0.1) is 5.82 Å². The molecule has 1 aromatic carbocycles. The fourth-order valence-electron chi connectivity index (χ4n) is 0.983. The number of carboxylic acids is 1. The molecule has 0 fully saturated rings. The van der Waals surface area contributed by atoms with Crippen molar-refractivity contribution >= 4 is 21.9 Å². The standard InChI is InChI=1S/C9H8BrFO2/c10-9-6(4-5-8(12)13)2-1-3-7(9)11/h1-3H,4-5H2,(H,12,13). The highest BCUT2D eigenvalue weighted by atomic mass is 79.9. The monoisotopic (exact) mass is 246 g/mol. The maximum Gasteiger partial charge on any atom is 0.303 e. The van der Waals surface area contributed by atoms with E-state index in [1.807, 2.05) is 0 Å². The van der Waals surface area contributed by atoms with Crippen LogP contribution in [-0.4, -0.2) is 11.1 Å². The molecule has 0 atom stereocenters. The highest BCUT2D eigenvalue weighted by Gasteiger charge is 2.06. The van der Waals surface area contributed by atoms with Crippen LogP contribution in [-0.2, 0) is 11.2 Å². The van der Waals surface area contributed by atoms with Gasteiger partial charge >= 0.3 is 5.97 Å². The van der Waals surface area contributed by atoms with Crippen LogP contribution in [0.3, 0.4) is 0 Å². The summed E-state index contributed by atoms with van der Waals surface area (Å²) >= 11 is 3.06. The lowest BCUT2D eigenvalue weighted by molar-refractivity contribution is -0.136. The second-order valence-electron chi connectivity index (χ2n) is 2.61. The van der Waals surface area contributed by atoms with E-state index in [4.69, 9.17) is 5.11 Å². The molecule has 4 heteroatoms. The van der Waals surface area contributed by atoms with Crippen molar-refractivity contribution in [2.75, 3.05) is 0 Å². The molecule has 0 aliphatic heterocycles. The Morgan fingerprint density at radius 3 is 2.85 bits per heavy atom. The van der Waals surface area contributed by atoms with Crippen LogP contribution in [0.15, 0.2) is 22.7 Å². The minimum atomic E-state index is -0.879. The smallest absolute Gasteiger partial charge is 0.303 e. The van der Waals surface area contributed by atoms with Crippen molar-refractivity contribution < 1.29 is 14.3 Å². The van der Waals surface area contributed by atoms with Gasteiger partial charge in [0.05, 0.1) is 4.47 Å². The largest absolute Gasteiger partial charge is 0.481 e. The summed E-state index contributed by atoms with van der Waals surface area (Å²) in [5.74, 6) is -1.24. The van der Waals surface area contributed by atoms with E-state index in [0.717, 1.165) is 0 Å². The lowest BCUT2D eigenvalue weighted by atomic mass is 10.1. The molecule has 0 amide bonds. The van der Waals surface area contributed by atoms with Gasteiger partial charge in [-0.25, -0.2) is 4.39 Å². The van der Waals surface area contributed by atoms with Crippen LogP contribution < -0.4 is 0 Å². The van der Waals surface area contributed by atoms with Gasteiger partial charge in [-0.1, -0.05) is 12.1 Å². The summed E-state index contributed by atoms with van der Waals surface area (Å²) in [5, 5.41) is 8.43. The number of halogens is 2. The van der Waals surface area contributed by atoms with Gasteiger partial charge in [0.1, 0.15) is 5.82 Å². The van der Waals surface area contributed by atoms with Crippen molar-refractivity contribution in [3.05, 3.63) is 34.1 Å². The number of carbonyl (C=O) groups is 1. The summed E-state index contributed by atoms with van der Waals surface area (Å²) < 4.78 is 13.3. The third-order valence-corrected chi connectivity index (χ3v) is 2.53. The van der Waals surface area contributed by atoms with E-state index in [1.54, 1.807) is 12.1 Å². The Hall–Kier alpha value is -0.900. The van der Waals surface area contributed by atoms with Crippen molar-refractivity contribution in [2.24, 2.45) is 0 Å². The number of aliphatic carboxylic acids is 1. The van der Waals surface area contributed by atoms with Gasteiger partial charge in [-0.3, -0.25) is 4.79 Å². The summed E-state index contributed by atoms with van der Waals surface area (Å²) in [7, 11) is 0. The Morgan fingerprint density at radius 1 is 1.54 bits per heavy atom. The van der Waals surface area contributed by atoms with Gasteiger partial charge in [0.2, 0.25) is 0 Å². The third kappa shape index (κ3) is 2.81. The van der Waals surface area contributed by atoms with Gasteiger partial charge < -0.3 is 5.11 Å². The van der Waals surface area contributed by atoms with E-state index in [0.29, 0.717) is 16.5 Å². The van der Waals surface area contributed by atoms with Gasteiger partial charge in [0.15, 0.2) is 0 Å². The molecule has 0 saturated heterocycles. The van der Waals surface area contributed by atoms with E-state index < -0.39 is 5.97 Å². The Labute approximate surface area is 83.5 Å². The maximum atomic E-state index is 12.9. The summed E-state index contributed by atoms with van der Waals surface area (Å²) in [6.07, 6.45) is 0.357. The van der Waals surface area contributed by atoms with E-state index >= 15 is 0 Å². The molecule has 1 rings (SSSR count). The SMILES string of the molecule is O=C(O)CCc1cccc(F)c1Br. The molecule has 2 nitrogen and oxygen atoms in total. The minimum Gasteiger partial charge on any atom is -0.481 e. The van der Waals surface area contributed by atoms with Crippen molar-refractivity contribution in [1.29, 1.82) is 0 Å². The second kappa shape index (κ2) is 4.37. The molecule has 70 valence electrons. The first-order valence-corrected chi connectivity index (χ1v) is 4.55. The van der Waals surface area contributed by atoms with Gasteiger partial charge in [-0.2, -0.15) is 0 Å². The van der Waals surface area contributed by atoms with E-state index in [2.05, 4.69) is 15.9 Å². The van der Waals surface area contributed by atoms with Crippen LogP contribution in [0.1, 0.15) is 12.0 Å². The topological polar surface area (TPSA) is 37.3 Å². The Morgan fingerprint density at radius 2 is 2.23 bits per heavy atom. The lowest BCUT2D eigenvalue weighted by Gasteiger charge is -2.02. The molecule has 0 spiro atoms. The van der Waals surface area contributed by atoms with Crippen LogP contribution >= 0.6 is 15.9 Å².